The topological polar surface area (TPSA) is 88.2 Å². The molecule has 1 unspecified atom stereocenters. The Hall–Kier alpha value is -1.44. The molecule has 0 amide bonds. The van der Waals surface area contributed by atoms with Crippen LogP contribution in [-0.4, -0.2) is 16.1 Å². The lowest BCUT2D eigenvalue weighted by Gasteiger charge is -2.03. The van der Waals surface area contributed by atoms with Crippen LogP contribution in [0.4, 0.5) is 5.13 Å². The fraction of sp³-hybridized carbons (Fsp3) is 0.167. The van der Waals surface area contributed by atoms with Crippen LogP contribution in [0.25, 0.3) is 0 Å². The van der Waals surface area contributed by atoms with Gasteiger partial charge in [0.05, 0.1) is 5.69 Å². The van der Waals surface area contributed by atoms with Crippen LogP contribution in [0.15, 0.2) is 34.1 Å². The maximum Gasteiger partial charge on any atom is 0.326 e. The van der Waals surface area contributed by atoms with Gasteiger partial charge in [-0.2, -0.15) is 0 Å². The zero-order chi connectivity index (χ0) is 13.8. The summed E-state index contributed by atoms with van der Waals surface area (Å²) >= 11 is 4.72. The van der Waals surface area contributed by atoms with Crippen molar-refractivity contribution in [2.45, 2.75) is 12.6 Å². The van der Waals surface area contributed by atoms with Crippen LogP contribution >= 0.6 is 27.3 Å². The zero-order valence-corrected chi connectivity index (χ0v) is 12.2. The average molecular weight is 342 g/mol. The van der Waals surface area contributed by atoms with E-state index in [4.69, 9.17) is 10.8 Å². The number of aromatic nitrogens is 1. The Balaban J connectivity index is 1.97. The van der Waals surface area contributed by atoms with E-state index < -0.39 is 12.0 Å². The van der Waals surface area contributed by atoms with Crippen molar-refractivity contribution >= 4 is 38.4 Å². The van der Waals surface area contributed by atoms with E-state index in [1.807, 2.05) is 24.3 Å². The van der Waals surface area contributed by atoms with Crippen molar-refractivity contribution in [3.05, 3.63) is 45.4 Å². The normalized spacial score (nSPS) is 12.1. The largest absolute Gasteiger partial charge is 0.480 e. The number of thiazole rings is 1. The highest BCUT2D eigenvalue weighted by Crippen LogP contribution is 2.20. The van der Waals surface area contributed by atoms with Crippen LogP contribution < -0.4 is 11.1 Å². The van der Waals surface area contributed by atoms with Gasteiger partial charge in [0.25, 0.3) is 0 Å². The highest BCUT2D eigenvalue weighted by Gasteiger charge is 2.17. The summed E-state index contributed by atoms with van der Waals surface area (Å²) in [5.41, 5.74) is 6.97. The maximum atomic E-state index is 10.7. The summed E-state index contributed by atoms with van der Waals surface area (Å²) < 4.78 is 1.03. The first-order valence-corrected chi connectivity index (χ1v) is 7.15. The van der Waals surface area contributed by atoms with Gasteiger partial charge in [-0.25, -0.2) is 4.98 Å². The van der Waals surface area contributed by atoms with E-state index in [1.54, 1.807) is 5.38 Å². The Morgan fingerprint density at radius 1 is 1.47 bits per heavy atom. The molecule has 0 aliphatic carbocycles. The predicted molar refractivity (Wildman–Crippen MR) is 78.1 cm³/mol. The minimum absolute atomic E-state index is 0.371. The molecule has 0 bridgehead atoms. The predicted octanol–water partition coefficient (Wildman–Crippen LogP) is 2.60. The second-order valence-corrected chi connectivity index (χ2v) is 5.65. The van der Waals surface area contributed by atoms with Gasteiger partial charge in [-0.3, -0.25) is 4.79 Å². The van der Waals surface area contributed by atoms with Crippen LogP contribution in [0.2, 0.25) is 0 Å². The number of benzene rings is 1. The summed E-state index contributed by atoms with van der Waals surface area (Å²) in [6.07, 6.45) is 0. The number of hydrogen-bond donors (Lipinski definition) is 3. The Labute approximate surface area is 122 Å². The van der Waals surface area contributed by atoms with Gasteiger partial charge < -0.3 is 16.2 Å². The van der Waals surface area contributed by atoms with Crippen LogP contribution in [-0.2, 0) is 11.3 Å². The Kier molecular flexibility index (Phi) is 4.52. The molecule has 100 valence electrons. The van der Waals surface area contributed by atoms with Gasteiger partial charge in [0, 0.05) is 16.4 Å². The molecule has 1 aromatic heterocycles. The van der Waals surface area contributed by atoms with E-state index in [2.05, 4.69) is 26.2 Å². The first-order valence-electron chi connectivity index (χ1n) is 5.48. The number of aliphatic carboxylic acids is 1. The second kappa shape index (κ2) is 6.14. The van der Waals surface area contributed by atoms with Gasteiger partial charge in [0.1, 0.15) is 6.04 Å². The molecule has 0 saturated heterocycles. The molecule has 1 heterocycles. The fourth-order valence-corrected chi connectivity index (χ4v) is 2.43. The molecule has 19 heavy (non-hydrogen) atoms. The molecule has 1 atom stereocenters. The van der Waals surface area contributed by atoms with Crippen molar-refractivity contribution in [2.24, 2.45) is 5.73 Å². The minimum atomic E-state index is -1.08. The zero-order valence-electron chi connectivity index (χ0n) is 9.84. The fourth-order valence-electron chi connectivity index (χ4n) is 1.42. The average Bonchev–Trinajstić information content (AvgIpc) is 2.86. The Morgan fingerprint density at radius 3 is 2.79 bits per heavy atom. The molecule has 0 aliphatic heterocycles. The Morgan fingerprint density at radius 2 is 2.16 bits per heavy atom. The van der Waals surface area contributed by atoms with Gasteiger partial charge in [0.2, 0.25) is 0 Å². The lowest BCUT2D eigenvalue weighted by Crippen LogP contribution is -2.20. The standard InChI is InChI=1S/C12H12BrN3O2S/c13-8-3-1-7(2-4-8)5-15-12-16-9(6-19-12)10(14)11(17)18/h1-4,6,10H,5,14H2,(H,15,16)(H,17,18). The van der Waals surface area contributed by atoms with Crippen LogP contribution in [0.5, 0.6) is 0 Å². The van der Waals surface area contributed by atoms with Gasteiger partial charge in [-0.05, 0) is 17.7 Å². The Bertz CT molecular complexity index is 571. The van der Waals surface area contributed by atoms with Crippen molar-refractivity contribution in [3.8, 4) is 0 Å². The van der Waals surface area contributed by atoms with E-state index >= 15 is 0 Å². The lowest BCUT2D eigenvalue weighted by molar-refractivity contribution is -0.138. The van der Waals surface area contributed by atoms with Gasteiger partial charge >= 0.3 is 5.97 Å². The smallest absolute Gasteiger partial charge is 0.326 e. The molecule has 2 rings (SSSR count). The summed E-state index contributed by atoms with van der Waals surface area (Å²) in [5, 5.41) is 14.2. The molecule has 7 heteroatoms. The molecule has 0 aliphatic rings. The number of nitrogens with two attached hydrogens (primary N) is 1. The molecule has 0 spiro atoms. The van der Waals surface area contributed by atoms with E-state index in [0.29, 0.717) is 17.4 Å². The number of rotatable bonds is 5. The van der Waals surface area contributed by atoms with Crippen molar-refractivity contribution < 1.29 is 9.90 Å². The van der Waals surface area contributed by atoms with Crippen molar-refractivity contribution in [1.29, 1.82) is 0 Å². The SMILES string of the molecule is NC(C(=O)O)c1csc(NCc2ccc(Br)cc2)n1. The summed E-state index contributed by atoms with van der Waals surface area (Å²) in [6, 6.07) is 6.85. The molecule has 5 nitrogen and oxygen atoms in total. The first kappa shape index (κ1) is 14.0. The highest BCUT2D eigenvalue weighted by atomic mass is 79.9. The number of carboxylic acids is 1. The summed E-state index contributed by atoms with van der Waals surface area (Å²) in [7, 11) is 0. The monoisotopic (exact) mass is 341 g/mol. The van der Waals surface area contributed by atoms with E-state index in [-0.39, 0.29) is 0 Å². The number of carboxylic acid groups (broad SMARTS) is 1. The summed E-state index contributed by atoms with van der Waals surface area (Å²) in [5.74, 6) is -1.08. The number of hydrogen-bond acceptors (Lipinski definition) is 5. The highest BCUT2D eigenvalue weighted by molar-refractivity contribution is 9.10. The molecular formula is C12H12BrN3O2S. The van der Waals surface area contributed by atoms with Crippen molar-refractivity contribution in [2.75, 3.05) is 5.32 Å². The lowest BCUT2D eigenvalue weighted by atomic mass is 10.2. The first-order chi connectivity index (χ1) is 9.06. The third-order valence-corrected chi connectivity index (χ3v) is 3.81. The number of nitrogens with one attached hydrogen (secondary N) is 1. The van der Waals surface area contributed by atoms with Gasteiger partial charge in [-0.1, -0.05) is 28.1 Å². The molecule has 0 saturated carbocycles. The molecule has 0 fully saturated rings. The summed E-state index contributed by atoms with van der Waals surface area (Å²) in [4.78, 5) is 14.9. The van der Waals surface area contributed by atoms with Crippen LogP contribution in [0.3, 0.4) is 0 Å². The van der Waals surface area contributed by atoms with Crippen molar-refractivity contribution in [1.82, 2.24) is 4.98 Å². The van der Waals surface area contributed by atoms with E-state index in [9.17, 15) is 4.79 Å². The van der Waals surface area contributed by atoms with E-state index in [0.717, 1.165) is 10.0 Å². The molecule has 1 aromatic carbocycles. The third kappa shape index (κ3) is 3.76. The molecular weight excluding hydrogens is 330 g/mol. The number of halogens is 1. The number of nitrogens with zero attached hydrogens (tertiary/aromatic N) is 1. The number of carbonyl (C=O) groups is 1. The van der Waals surface area contributed by atoms with Gasteiger partial charge in [-0.15, -0.1) is 11.3 Å². The summed E-state index contributed by atoms with van der Waals surface area (Å²) in [6.45, 7) is 0.628. The van der Waals surface area contributed by atoms with Gasteiger partial charge in [0.15, 0.2) is 5.13 Å². The molecule has 4 N–H and O–H groups in total. The molecule has 2 aromatic rings. The van der Waals surface area contributed by atoms with Crippen molar-refractivity contribution in [3.63, 3.8) is 0 Å². The van der Waals surface area contributed by atoms with Crippen LogP contribution in [0, 0.1) is 0 Å². The second-order valence-electron chi connectivity index (χ2n) is 3.87. The number of anilines is 1. The maximum absolute atomic E-state index is 10.7. The van der Waals surface area contributed by atoms with E-state index in [1.165, 1.54) is 11.3 Å². The molecule has 0 radical (unpaired) electrons. The third-order valence-electron chi connectivity index (χ3n) is 2.46. The quantitative estimate of drug-likeness (QED) is 0.777. The minimum Gasteiger partial charge on any atom is -0.480 e. The van der Waals surface area contributed by atoms with Crippen LogP contribution in [0.1, 0.15) is 17.3 Å².